The minimum Gasteiger partial charge on any atom is -0.508 e. The third-order valence-corrected chi connectivity index (χ3v) is 3.46. The van der Waals surface area contributed by atoms with Crippen LogP contribution in [0.15, 0.2) is 6.07 Å². The van der Waals surface area contributed by atoms with Gasteiger partial charge in [-0.05, 0) is 44.0 Å². The van der Waals surface area contributed by atoms with Crippen LogP contribution in [0, 0.1) is 13.8 Å². The lowest BCUT2D eigenvalue weighted by Crippen LogP contribution is -2.35. The minimum atomic E-state index is 0.285. The molecule has 2 N–H and O–H groups in total. The van der Waals surface area contributed by atoms with Crippen molar-refractivity contribution < 1.29 is 5.11 Å². The van der Waals surface area contributed by atoms with Crippen LogP contribution in [0.2, 0.25) is 5.02 Å². The van der Waals surface area contributed by atoms with Crippen LogP contribution in [0.5, 0.6) is 5.75 Å². The van der Waals surface area contributed by atoms with Crippen molar-refractivity contribution in [2.75, 3.05) is 6.54 Å². The van der Waals surface area contributed by atoms with Gasteiger partial charge in [-0.1, -0.05) is 11.6 Å². The summed E-state index contributed by atoms with van der Waals surface area (Å²) in [7, 11) is 0. The highest BCUT2D eigenvalue weighted by molar-refractivity contribution is 6.32. The van der Waals surface area contributed by atoms with Gasteiger partial charge in [-0.3, -0.25) is 0 Å². The summed E-state index contributed by atoms with van der Waals surface area (Å²) < 4.78 is 0. The van der Waals surface area contributed by atoms with E-state index in [2.05, 4.69) is 5.32 Å². The van der Waals surface area contributed by atoms with Crippen LogP contribution in [-0.4, -0.2) is 11.7 Å². The van der Waals surface area contributed by atoms with Gasteiger partial charge < -0.3 is 10.4 Å². The first kappa shape index (κ1) is 9.81. The molecule has 0 amide bonds. The second kappa shape index (κ2) is 3.44. The molecule has 1 saturated heterocycles. The van der Waals surface area contributed by atoms with Gasteiger partial charge in [-0.2, -0.15) is 0 Å². The summed E-state index contributed by atoms with van der Waals surface area (Å²) in [6.45, 7) is 4.90. The van der Waals surface area contributed by atoms with Crippen molar-refractivity contribution in [1.29, 1.82) is 0 Å². The standard InChI is InChI=1S/C11H14ClNO/c1-6-5-9(14)10(7(2)11(6)12)8-3-4-13-8/h5,8,13-14H,3-4H2,1-2H3. The number of hydrogen-bond acceptors (Lipinski definition) is 2. The van der Waals surface area contributed by atoms with Crippen LogP contribution in [0.1, 0.15) is 29.2 Å². The largest absolute Gasteiger partial charge is 0.508 e. The molecule has 0 spiro atoms. The molecule has 0 aromatic heterocycles. The molecule has 0 bridgehead atoms. The van der Waals surface area contributed by atoms with Gasteiger partial charge in [0, 0.05) is 16.6 Å². The van der Waals surface area contributed by atoms with E-state index in [-0.39, 0.29) is 6.04 Å². The Morgan fingerprint density at radius 1 is 1.50 bits per heavy atom. The number of hydrogen-bond donors (Lipinski definition) is 2. The number of aryl methyl sites for hydroxylation is 1. The van der Waals surface area contributed by atoms with Crippen molar-refractivity contribution in [3.8, 4) is 5.75 Å². The molecule has 0 saturated carbocycles. The number of nitrogens with one attached hydrogen (secondary N) is 1. The molecule has 1 unspecified atom stereocenters. The zero-order chi connectivity index (χ0) is 10.3. The molecular weight excluding hydrogens is 198 g/mol. The Hall–Kier alpha value is -0.730. The predicted molar refractivity (Wildman–Crippen MR) is 58.0 cm³/mol. The number of halogens is 1. The molecule has 3 heteroatoms. The fraction of sp³-hybridized carbons (Fsp3) is 0.455. The maximum Gasteiger partial charge on any atom is 0.120 e. The van der Waals surface area contributed by atoms with E-state index in [0.29, 0.717) is 5.75 Å². The van der Waals surface area contributed by atoms with E-state index >= 15 is 0 Å². The summed E-state index contributed by atoms with van der Waals surface area (Å²) in [5.74, 6) is 0.363. The molecule has 1 aromatic rings. The van der Waals surface area contributed by atoms with E-state index < -0.39 is 0 Å². The van der Waals surface area contributed by atoms with E-state index in [1.54, 1.807) is 6.07 Å². The van der Waals surface area contributed by atoms with E-state index in [4.69, 9.17) is 11.6 Å². The SMILES string of the molecule is Cc1cc(O)c(C2CCN2)c(C)c1Cl. The summed E-state index contributed by atoms with van der Waals surface area (Å²) in [4.78, 5) is 0. The number of benzene rings is 1. The summed E-state index contributed by atoms with van der Waals surface area (Å²) >= 11 is 6.14. The average molecular weight is 212 g/mol. The number of phenols is 1. The number of aromatic hydroxyl groups is 1. The van der Waals surface area contributed by atoms with E-state index in [1.807, 2.05) is 13.8 Å². The van der Waals surface area contributed by atoms with Crippen molar-refractivity contribution >= 4 is 11.6 Å². The summed E-state index contributed by atoms with van der Waals surface area (Å²) in [6.07, 6.45) is 1.08. The summed E-state index contributed by atoms with van der Waals surface area (Å²) in [5.41, 5.74) is 2.90. The lowest BCUT2D eigenvalue weighted by molar-refractivity contribution is 0.363. The van der Waals surface area contributed by atoms with Crippen LogP contribution < -0.4 is 5.32 Å². The van der Waals surface area contributed by atoms with E-state index in [1.165, 1.54) is 0 Å². The topological polar surface area (TPSA) is 32.3 Å². The van der Waals surface area contributed by atoms with Crippen molar-refractivity contribution in [1.82, 2.24) is 5.32 Å². The third kappa shape index (κ3) is 1.39. The molecule has 1 fully saturated rings. The number of phenolic OH excluding ortho intramolecular Hbond substituents is 1. The van der Waals surface area contributed by atoms with Gasteiger partial charge in [-0.15, -0.1) is 0 Å². The van der Waals surface area contributed by atoms with Crippen LogP contribution in [0.25, 0.3) is 0 Å². The third-order valence-electron chi connectivity index (χ3n) is 2.88. The Balaban J connectivity index is 2.52. The average Bonchev–Trinajstić information content (AvgIpc) is 2.05. The van der Waals surface area contributed by atoms with Gasteiger partial charge >= 0.3 is 0 Å². The summed E-state index contributed by atoms with van der Waals surface area (Å²) in [5, 5.41) is 13.9. The molecule has 0 radical (unpaired) electrons. The van der Waals surface area contributed by atoms with Crippen LogP contribution in [-0.2, 0) is 0 Å². The maximum absolute atomic E-state index is 9.83. The lowest BCUT2D eigenvalue weighted by Gasteiger charge is -2.30. The Kier molecular flexibility index (Phi) is 2.41. The highest BCUT2D eigenvalue weighted by Crippen LogP contribution is 2.37. The molecule has 1 aliphatic rings. The normalized spacial score (nSPS) is 20.6. The monoisotopic (exact) mass is 211 g/mol. The van der Waals surface area contributed by atoms with E-state index in [0.717, 1.165) is 34.7 Å². The zero-order valence-corrected chi connectivity index (χ0v) is 9.15. The zero-order valence-electron chi connectivity index (χ0n) is 8.39. The molecule has 1 aromatic carbocycles. The molecule has 1 atom stereocenters. The maximum atomic E-state index is 9.83. The molecule has 1 heterocycles. The van der Waals surface area contributed by atoms with Crippen molar-refractivity contribution in [3.05, 3.63) is 27.8 Å². The van der Waals surface area contributed by atoms with Gasteiger partial charge in [0.25, 0.3) is 0 Å². The Bertz CT molecular complexity index is 372. The molecule has 1 aliphatic heterocycles. The van der Waals surface area contributed by atoms with Crippen molar-refractivity contribution in [2.45, 2.75) is 26.3 Å². The summed E-state index contributed by atoms with van der Waals surface area (Å²) in [6, 6.07) is 2.03. The highest BCUT2D eigenvalue weighted by Gasteiger charge is 2.24. The molecular formula is C11H14ClNO. The quantitative estimate of drug-likeness (QED) is 0.749. The van der Waals surface area contributed by atoms with Crippen LogP contribution in [0.4, 0.5) is 0 Å². The van der Waals surface area contributed by atoms with Gasteiger partial charge in [0.1, 0.15) is 5.75 Å². The second-order valence-electron chi connectivity index (χ2n) is 3.86. The van der Waals surface area contributed by atoms with Gasteiger partial charge in [0.05, 0.1) is 0 Å². The second-order valence-corrected chi connectivity index (χ2v) is 4.24. The Labute approximate surface area is 88.9 Å². The van der Waals surface area contributed by atoms with Crippen LogP contribution in [0.3, 0.4) is 0 Å². The predicted octanol–water partition coefficient (Wildman–Crippen LogP) is 2.70. The first-order valence-electron chi connectivity index (χ1n) is 4.83. The molecule has 2 nitrogen and oxygen atoms in total. The van der Waals surface area contributed by atoms with Gasteiger partial charge in [0.15, 0.2) is 0 Å². The van der Waals surface area contributed by atoms with E-state index in [9.17, 15) is 5.11 Å². The molecule has 2 rings (SSSR count). The Morgan fingerprint density at radius 3 is 2.64 bits per heavy atom. The Morgan fingerprint density at radius 2 is 2.14 bits per heavy atom. The van der Waals surface area contributed by atoms with Gasteiger partial charge in [0.2, 0.25) is 0 Å². The fourth-order valence-corrected chi connectivity index (χ4v) is 2.08. The smallest absolute Gasteiger partial charge is 0.120 e. The first-order valence-corrected chi connectivity index (χ1v) is 5.21. The fourth-order valence-electron chi connectivity index (χ4n) is 1.93. The minimum absolute atomic E-state index is 0.285. The van der Waals surface area contributed by atoms with Crippen molar-refractivity contribution in [2.24, 2.45) is 0 Å². The van der Waals surface area contributed by atoms with Crippen LogP contribution >= 0.6 is 11.6 Å². The highest BCUT2D eigenvalue weighted by atomic mass is 35.5. The molecule has 14 heavy (non-hydrogen) atoms. The van der Waals surface area contributed by atoms with Crippen molar-refractivity contribution in [3.63, 3.8) is 0 Å². The molecule has 76 valence electrons. The van der Waals surface area contributed by atoms with Gasteiger partial charge in [-0.25, -0.2) is 0 Å². The number of rotatable bonds is 1. The lowest BCUT2D eigenvalue weighted by atomic mass is 9.92. The molecule has 0 aliphatic carbocycles. The first-order chi connectivity index (χ1) is 6.61.